The van der Waals surface area contributed by atoms with Crippen molar-refractivity contribution < 1.29 is 18.3 Å². The molecule has 1 unspecified atom stereocenters. The lowest BCUT2D eigenvalue weighted by Gasteiger charge is -2.22. The van der Waals surface area contributed by atoms with Gasteiger partial charge in [0, 0.05) is 12.5 Å². The van der Waals surface area contributed by atoms with Gasteiger partial charge in [-0.1, -0.05) is 18.2 Å². The molecule has 1 atom stereocenters. The molecule has 0 aromatic heterocycles. The van der Waals surface area contributed by atoms with Crippen LogP contribution in [0.5, 0.6) is 0 Å². The molecule has 1 aromatic carbocycles. The van der Waals surface area contributed by atoms with Crippen LogP contribution in [0, 0.1) is 0 Å². The Morgan fingerprint density at radius 1 is 1.42 bits per heavy atom. The van der Waals surface area contributed by atoms with Gasteiger partial charge in [0.05, 0.1) is 17.4 Å². The van der Waals surface area contributed by atoms with Crippen LogP contribution >= 0.6 is 0 Å². The number of para-hydroxylation sites is 1. The van der Waals surface area contributed by atoms with Crippen LogP contribution in [0.25, 0.3) is 0 Å². The van der Waals surface area contributed by atoms with Crippen molar-refractivity contribution in [2.75, 3.05) is 10.8 Å². The van der Waals surface area contributed by atoms with Gasteiger partial charge in [0.25, 0.3) is 0 Å². The van der Waals surface area contributed by atoms with E-state index in [0.717, 1.165) is 5.56 Å². The van der Waals surface area contributed by atoms with Crippen molar-refractivity contribution in [2.24, 2.45) is 0 Å². The first-order valence-electron chi connectivity index (χ1n) is 6.16. The van der Waals surface area contributed by atoms with Crippen molar-refractivity contribution >= 4 is 21.7 Å². The van der Waals surface area contributed by atoms with Gasteiger partial charge in [-0.25, -0.2) is 8.42 Å². The van der Waals surface area contributed by atoms with E-state index in [1.165, 1.54) is 4.31 Å². The molecule has 0 spiro atoms. The summed E-state index contributed by atoms with van der Waals surface area (Å²) in [5.41, 5.74) is 1.41. The topological polar surface area (TPSA) is 74.7 Å². The average Bonchev–Trinajstić information content (AvgIpc) is 2.68. The van der Waals surface area contributed by atoms with Crippen molar-refractivity contribution in [3.05, 3.63) is 29.8 Å². The maximum atomic E-state index is 12.3. The molecule has 1 aliphatic heterocycles. The number of rotatable bonds is 4. The standard InChI is InChI=1S/C13H17NO4S/c1-9(2)19(17,18)14-8-10(7-13(15)16)11-5-3-4-6-12(11)14/h3-6,9-10H,7-8H2,1-2H3,(H,15,16). The first kappa shape index (κ1) is 13.9. The molecule has 104 valence electrons. The smallest absolute Gasteiger partial charge is 0.304 e. The number of carboxylic acid groups (broad SMARTS) is 1. The zero-order valence-corrected chi connectivity index (χ0v) is 11.7. The zero-order chi connectivity index (χ0) is 14.2. The van der Waals surface area contributed by atoms with E-state index in [4.69, 9.17) is 5.11 Å². The summed E-state index contributed by atoms with van der Waals surface area (Å²) in [5, 5.41) is 8.41. The highest BCUT2D eigenvalue weighted by Crippen LogP contribution is 2.40. The summed E-state index contributed by atoms with van der Waals surface area (Å²) in [4.78, 5) is 10.9. The number of carboxylic acids is 1. The molecule has 0 saturated heterocycles. The lowest BCUT2D eigenvalue weighted by molar-refractivity contribution is -0.137. The van der Waals surface area contributed by atoms with Crippen molar-refractivity contribution in [1.82, 2.24) is 0 Å². The van der Waals surface area contributed by atoms with Gasteiger partial charge < -0.3 is 5.11 Å². The van der Waals surface area contributed by atoms with E-state index in [0.29, 0.717) is 5.69 Å². The van der Waals surface area contributed by atoms with Gasteiger partial charge in [-0.3, -0.25) is 9.10 Å². The van der Waals surface area contributed by atoms with E-state index in [-0.39, 0.29) is 18.9 Å². The number of hydrogen-bond donors (Lipinski definition) is 1. The van der Waals surface area contributed by atoms with Gasteiger partial charge in [0.2, 0.25) is 10.0 Å². The number of fused-ring (bicyclic) bond motifs is 1. The molecule has 1 aliphatic rings. The second-order valence-electron chi connectivity index (χ2n) is 4.98. The minimum absolute atomic E-state index is 0.0544. The van der Waals surface area contributed by atoms with Gasteiger partial charge in [0.1, 0.15) is 0 Å². The van der Waals surface area contributed by atoms with Crippen LogP contribution in [0.2, 0.25) is 0 Å². The Bertz CT molecular complexity index is 594. The minimum atomic E-state index is -3.42. The molecule has 0 fully saturated rings. The SMILES string of the molecule is CC(C)S(=O)(=O)N1CC(CC(=O)O)c2ccccc21. The molecule has 5 nitrogen and oxygen atoms in total. The highest BCUT2D eigenvalue weighted by atomic mass is 32.2. The Morgan fingerprint density at radius 3 is 2.63 bits per heavy atom. The maximum absolute atomic E-state index is 12.3. The minimum Gasteiger partial charge on any atom is -0.481 e. The summed E-state index contributed by atoms with van der Waals surface area (Å²) >= 11 is 0. The Hall–Kier alpha value is -1.56. The Morgan fingerprint density at radius 2 is 2.05 bits per heavy atom. The molecule has 1 aromatic rings. The summed E-state index contributed by atoms with van der Waals surface area (Å²) < 4.78 is 26.0. The second-order valence-corrected chi connectivity index (χ2v) is 7.39. The van der Waals surface area contributed by atoms with Crippen LogP contribution in [-0.4, -0.2) is 31.3 Å². The van der Waals surface area contributed by atoms with Crippen molar-refractivity contribution in [3.63, 3.8) is 0 Å². The average molecular weight is 283 g/mol. The lowest BCUT2D eigenvalue weighted by Crippen LogP contribution is -2.35. The van der Waals surface area contributed by atoms with Crippen molar-refractivity contribution in [1.29, 1.82) is 0 Å². The van der Waals surface area contributed by atoms with Crippen LogP contribution in [-0.2, 0) is 14.8 Å². The maximum Gasteiger partial charge on any atom is 0.304 e. The molecule has 0 bridgehead atoms. The van der Waals surface area contributed by atoms with Crippen molar-refractivity contribution in [2.45, 2.75) is 31.4 Å². The molecule has 0 saturated carbocycles. The van der Waals surface area contributed by atoms with Crippen LogP contribution in [0.15, 0.2) is 24.3 Å². The number of sulfonamides is 1. The molecule has 0 radical (unpaired) electrons. The van der Waals surface area contributed by atoms with E-state index in [1.54, 1.807) is 38.1 Å². The van der Waals surface area contributed by atoms with Gasteiger partial charge >= 0.3 is 5.97 Å². The van der Waals surface area contributed by atoms with Crippen molar-refractivity contribution in [3.8, 4) is 0 Å². The predicted molar refractivity (Wildman–Crippen MR) is 72.8 cm³/mol. The molecule has 0 aliphatic carbocycles. The first-order chi connectivity index (χ1) is 8.84. The summed E-state index contributed by atoms with van der Waals surface area (Å²) in [6.07, 6.45) is -0.0544. The van der Waals surface area contributed by atoms with E-state index in [2.05, 4.69) is 0 Å². The number of benzene rings is 1. The van der Waals surface area contributed by atoms with Crippen LogP contribution < -0.4 is 4.31 Å². The molecule has 1 N–H and O–H groups in total. The molecule has 6 heteroatoms. The quantitative estimate of drug-likeness (QED) is 0.914. The van der Waals surface area contributed by atoms with E-state index >= 15 is 0 Å². The normalized spacial score (nSPS) is 18.7. The van der Waals surface area contributed by atoms with Gasteiger partial charge in [-0.15, -0.1) is 0 Å². The lowest BCUT2D eigenvalue weighted by atomic mass is 9.98. The summed E-state index contributed by atoms with van der Waals surface area (Å²) in [7, 11) is -3.42. The number of aliphatic carboxylic acids is 1. The monoisotopic (exact) mass is 283 g/mol. The fraction of sp³-hybridized carbons (Fsp3) is 0.462. The fourth-order valence-corrected chi connectivity index (χ4v) is 3.67. The largest absolute Gasteiger partial charge is 0.481 e. The zero-order valence-electron chi connectivity index (χ0n) is 10.9. The van der Waals surface area contributed by atoms with Gasteiger partial charge in [-0.05, 0) is 25.5 Å². The first-order valence-corrected chi connectivity index (χ1v) is 7.66. The fourth-order valence-electron chi connectivity index (χ4n) is 2.34. The summed E-state index contributed by atoms with van der Waals surface area (Å²) in [5.74, 6) is -1.19. The number of carbonyl (C=O) groups is 1. The Kier molecular flexibility index (Phi) is 3.54. The Balaban J connectivity index is 2.44. The molecule has 19 heavy (non-hydrogen) atoms. The summed E-state index contributed by atoms with van der Waals surface area (Å²) in [6, 6.07) is 7.11. The summed E-state index contributed by atoms with van der Waals surface area (Å²) in [6.45, 7) is 3.47. The van der Waals surface area contributed by atoms with E-state index in [9.17, 15) is 13.2 Å². The molecular formula is C13H17NO4S. The highest BCUT2D eigenvalue weighted by molar-refractivity contribution is 7.93. The number of nitrogens with zero attached hydrogens (tertiary/aromatic N) is 1. The van der Waals surface area contributed by atoms with E-state index in [1.807, 2.05) is 0 Å². The number of anilines is 1. The molecule has 2 rings (SSSR count). The molecular weight excluding hydrogens is 266 g/mol. The third-order valence-electron chi connectivity index (χ3n) is 3.36. The van der Waals surface area contributed by atoms with E-state index < -0.39 is 21.2 Å². The van der Waals surface area contributed by atoms with Crippen LogP contribution in [0.1, 0.15) is 31.7 Å². The Labute approximate surface area is 112 Å². The third-order valence-corrected chi connectivity index (χ3v) is 5.51. The molecule has 0 amide bonds. The van der Waals surface area contributed by atoms with Crippen LogP contribution in [0.4, 0.5) is 5.69 Å². The predicted octanol–water partition coefficient (Wildman–Crippen LogP) is 1.80. The second kappa shape index (κ2) is 4.85. The number of hydrogen-bond acceptors (Lipinski definition) is 3. The highest BCUT2D eigenvalue weighted by Gasteiger charge is 2.37. The third kappa shape index (κ3) is 2.45. The van der Waals surface area contributed by atoms with Gasteiger partial charge in [0.15, 0.2) is 0 Å². The van der Waals surface area contributed by atoms with Crippen LogP contribution in [0.3, 0.4) is 0 Å². The van der Waals surface area contributed by atoms with Gasteiger partial charge in [-0.2, -0.15) is 0 Å². The molecule has 1 heterocycles.